The van der Waals surface area contributed by atoms with Crippen LogP contribution in [0.4, 0.5) is 10.1 Å². The van der Waals surface area contributed by atoms with Crippen molar-refractivity contribution >= 4 is 23.5 Å². The minimum atomic E-state index is -0.348. The van der Waals surface area contributed by atoms with E-state index in [2.05, 4.69) is 34.4 Å². The van der Waals surface area contributed by atoms with Gasteiger partial charge in [0.25, 0.3) is 5.91 Å². The number of fused-ring (bicyclic) bond motifs is 2. The predicted octanol–water partition coefficient (Wildman–Crippen LogP) is 5.57. The molecule has 0 fully saturated rings. The number of carbonyl (C=O) groups excluding carboxylic acids is 1. The van der Waals surface area contributed by atoms with Gasteiger partial charge in [0.05, 0.1) is 11.4 Å². The Kier molecular flexibility index (Phi) is 7.79. The number of benzene rings is 2. The van der Waals surface area contributed by atoms with Gasteiger partial charge in [-0.25, -0.2) is 14.4 Å². The number of nitrogens with one attached hydrogen (secondary N) is 2. The van der Waals surface area contributed by atoms with Crippen molar-refractivity contribution in [3.05, 3.63) is 87.5 Å². The molecule has 0 saturated heterocycles. The molecule has 9 heteroatoms. The van der Waals surface area contributed by atoms with E-state index in [1.54, 1.807) is 6.08 Å². The summed E-state index contributed by atoms with van der Waals surface area (Å²) >= 11 is 0. The Morgan fingerprint density at radius 3 is 2.37 bits per heavy atom. The van der Waals surface area contributed by atoms with E-state index in [0.29, 0.717) is 24.2 Å². The molecule has 2 N–H and O–H groups in total. The molecule has 0 unspecified atom stereocenters. The standard InChI is InChI=1S/C34H40FN7O/c1-20(2)42-16-14-31-29(19-42)38-32(40(31)5)26(35)17-23-9-7-10-24(21(23)3)25-11-8-12-27(22(25)4)39-34(43)33-37-28-18-36-15-13-30(28)41(33)6/h7-12,17,20,36H,13-16,18-19H2,1-6H3,(H,39,43). The lowest BCUT2D eigenvalue weighted by molar-refractivity contribution is 0.101. The lowest BCUT2D eigenvalue weighted by Crippen LogP contribution is -2.36. The maximum Gasteiger partial charge on any atom is 0.291 e. The molecule has 0 aliphatic carbocycles. The highest BCUT2D eigenvalue weighted by Crippen LogP contribution is 2.34. The molecule has 6 rings (SSSR count). The van der Waals surface area contributed by atoms with Crippen molar-refractivity contribution in [3.63, 3.8) is 0 Å². The summed E-state index contributed by atoms with van der Waals surface area (Å²) in [7, 11) is 3.81. The summed E-state index contributed by atoms with van der Waals surface area (Å²) in [5.41, 5.74) is 9.48. The zero-order valence-corrected chi connectivity index (χ0v) is 25.9. The predicted molar refractivity (Wildman–Crippen MR) is 169 cm³/mol. The van der Waals surface area contributed by atoms with Gasteiger partial charge in [0.2, 0.25) is 0 Å². The fourth-order valence-electron chi connectivity index (χ4n) is 6.41. The average molecular weight is 582 g/mol. The minimum Gasteiger partial charge on any atom is -0.329 e. The number of amides is 1. The van der Waals surface area contributed by atoms with Crippen molar-refractivity contribution in [2.24, 2.45) is 14.1 Å². The zero-order chi connectivity index (χ0) is 30.4. The van der Waals surface area contributed by atoms with Crippen LogP contribution in [0.25, 0.3) is 23.0 Å². The Morgan fingerprint density at radius 1 is 0.953 bits per heavy atom. The number of hydrogen-bond donors (Lipinski definition) is 2. The van der Waals surface area contributed by atoms with Gasteiger partial charge in [-0.05, 0) is 67.7 Å². The van der Waals surface area contributed by atoms with Gasteiger partial charge < -0.3 is 19.8 Å². The number of aromatic nitrogens is 4. The quantitative estimate of drug-likeness (QED) is 0.311. The normalized spacial score (nSPS) is 15.5. The molecule has 0 bridgehead atoms. The molecule has 2 aromatic heterocycles. The van der Waals surface area contributed by atoms with Gasteiger partial charge in [0.1, 0.15) is 0 Å². The summed E-state index contributed by atoms with van der Waals surface area (Å²) in [5, 5.41) is 6.40. The van der Waals surface area contributed by atoms with Gasteiger partial charge in [0, 0.05) is 76.2 Å². The van der Waals surface area contributed by atoms with Crippen LogP contribution in [0.2, 0.25) is 0 Å². The molecular weight excluding hydrogens is 541 g/mol. The average Bonchev–Trinajstić information content (AvgIpc) is 3.51. The van der Waals surface area contributed by atoms with Crippen LogP contribution in [0.1, 0.15) is 69.8 Å². The molecule has 8 nitrogen and oxygen atoms in total. The second-order valence-electron chi connectivity index (χ2n) is 12.0. The van der Waals surface area contributed by atoms with Crippen LogP contribution in [0.15, 0.2) is 36.4 Å². The van der Waals surface area contributed by atoms with E-state index in [-0.39, 0.29) is 11.7 Å². The van der Waals surface area contributed by atoms with Crippen LogP contribution in [0, 0.1) is 13.8 Å². The van der Waals surface area contributed by atoms with Crippen molar-refractivity contribution in [1.29, 1.82) is 0 Å². The molecule has 0 radical (unpaired) electrons. The number of rotatable bonds is 6. The summed E-state index contributed by atoms with van der Waals surface area (Å²) < 4.78 is 19.6. The largest absolute Gasteiger partial charge is 0.329 e. The molecule has 43 heavy (non-hydrogen) atoms. The fourth-order valence-corrected chi connectivity index (χ4v) is 6.41. The number of hydrogen-bond acceptors (Lipinski definition) is 5. The summed E-state index contributed by atoms with van der Waals surface area (Å²) in [6.07, 6.45) is 3.31. The molecule has 0 atom stereocenters. The van der Waals surface area contributed by atoms with E-state index in [0.717, 1.165) is 88.8 Å². The van der Waals surface area contributed by atoms with Crippen LogP contribution < -0.4 is 10.6 Å². The molecule has 1 amide bonds. The first-order valence-corrected chi connectivity index (χ1v) is 15.1. The van der Waals surface area contributed by atoms with E-state index in [9.17, 15) is 4.79 Å². The van der Waals surface area contributed by atoms with Crippen LogP contribution in [0.5, 0.6) is 0 Å². The second-order valence-corrected chi connectivity index (χ2v) is 12.0. The monoisotopic (exact) mass is 581 g/mol. The number of nitrogens with zero attached hydrogens (tertiary/aromatic N) is 5. The fraction of sp³-hybridized carbons (Fsp3) is 0.382. The molecule has 2 aliphatic heterocycles. The second kappa shape index (κ2) is 11.5. The zero-order valence-electron chi connectivity index (χ0n) is 25.9. The SMILES string of the molecule is Cc1c(C=C(F)c2nc3c(n2C)CCN(C(C)C)C3)cccc1-c1cccc(NC(=O)c2nc3c(n2C)CCNC3)c1C. The Balaban J connectivity index is 1.28. The first kappa shape index (κ1) is 29.0. The van der Waals surface area contributed by atoms with Crippen molar-refractivity contribution in [3.8, 4) is 11.1 Å². The van der Waals surface area contributed by atoms with Gasteiger partial charge in [-0.2, -0.15) is 0 Å². The third kappa shape index (κ3) is 5.32. The Bertz CT molecular complexity index is 1750. The third-order valence-electron chi connectivity index (χ3n) is 9.09. The number of halogens is 1. The van der Waals surface area contributed by atoms with Crippen LogP contribution in [-0.4, -0.2) is 49.0 Å². The highest BCUT2D eigenvalue weighted by molar-refractivity contribution is 6.03. The lowest BCUT2D eigenvalue weighted by Gasteiger charge is -2.29. The van der Waals surface area contributed by atoms with Crippen molar-refractivity contribution in [2.75, 3.05) is 18.4 Å². The first-order valence-electron chi connectivity index (χ1n) is 15.1. The molecule has 2 aromatic carbocycles. The van der Waals surface area contributed by atoms with Gasteiger partial charge in [0.15, 0.2) is 17.5 Å². The lowest BCUT2D eigenvalue weighted by atomic mass is 9.92. The van der Waals surface area contributed by atoms with E-state index in [4.69, 9.17) is 4.98 Å². The van der Waals surface area contributed by atoms with Crippen molar-refractivity contribution < 1.29 is 9.18 Å². The van der Waals surface area contributed by atoms with Crippen LogP contribution in [0.3, 0.4) is 0 Å². The molecule has 0 spiro atoms. The van der Waals surface area contributed by atoms with E-state index < -0.39 is 0 Å². The molecular formula is C34H40FN7O. The number of carbonyl (C=O) groups is 1. The van der Waals surface area contributed by atoms with Crippen molar-refractivity contribution in [1.82, 2.24) is 29.3 Å². The van der Waals surface area contributed by atoms with E-state index >= 15 is 4.39 Å². The number of imidazole rings is 2. The molecule has 2 aliphatic rings. The molecule has 4 aromatic rings. The Labute approximate surface area is 252 Å². The van der Waals surface area contributed by atoms with E-state index in [1.807, 2.05) is 73.5 Å². The van der Waals surface area contributed by atoms with Gasteiger partial charge >= 0.3 is 0 Å². The smallest absolute Gasteiger partial charge is 0.291 e. The summed E-state index contributed by atoms with van der Waals surface area (Å²) in [6, 6.07) is 12.2. The van der Waals surface area contributed by atoms with Gasteiger partial charge in [-0.3, -0.25) is 9.69 Å². The Hall–Kier alpha value is -4.08. The Morgan fingerprint density at radius 2 is 1.63 bits per heavy atom. The van der Waals surface area contributed by atoms with Gasteiger partial charge in [-0.15, -0.1) is 0 Å². The molecule has 0 saturated carbocycles. The number of anilines is 1. The minimum absolute atomic E-state index is 0.234. The maximum atomic E-state index is 15.8. The topological polar surface area (TPSA) is 80.0 Å². The highest BCUT2D eigenvalue weighted by atomic mass is 19.1. The third-order valence-corrected chi connectivity index (χ3v) is 9.09. The van der Waals surface area contributed by atoms with Gasteiger partial charge in [-0.1, -0.05) is 30.3 Å². The first-order chi connectivity index (χ1) is 20.6. The summed E-state index contributed by atoms with van der Waals surface area (Å²) in [4.78, 5) is 25.0. The van der Waals surface area contributed by atoms with E-state index in [1.165, 1.54) is 0 Å². The summed E-state index contributed by atoms with van der Waals surface area (Å²) in [5.74, 6) is 0.194. The summed E-state index contributed by atoms with van der Waals surface area (Å²) in [6.45, 7) is 11.6. The van der Waals surface area contributed by atoms with Crippen LogP contribution in [-0.2, 0) is 40.0 Å². The van der Waals surface area contributed by atoms with Crippen molar-refractivity contribution in [2.45, 2.75) is 59.7 Å². The molecule has 224 valence electrons. The maximum absolute atomic E-state index is 15.8. The highest BCUT2D eigenvalue weighted by Gasteiger charge is 2.26. The molecule has 4 heterocycles. The van der Waals surface area contributed by atoms with Crippen LogP contribution >= 0.6 is 0 Å².